The third kappa shape index (κ3) is 2.43. The van der Waals surface area contributed by atoms with Crippen LogP contribution in [0, 0.1) is 0 Å². The maximum atomic E-state index is 5.87. The molecule has 20 heavy (non-hydrogen) atoms. The number of fused-ring (bicyclic) bond motifs is 1. The van der Waals surface area contributed by atoms with Crippen LogP contribution in [0.25, 0.3) is 10.9 Å². The Bertz CT molecular complexity index is 736. The summed E-state index contributed by atoms with van der Waals surface area (Å²) in [7, 11) is 0. The minimum absolute atomic E-state index is 0.468. The number of aryl methyl sites for hydroxylation is 1. The molecular weight excluding hydrogens is 316 g/mol. The van der Waals surface area contributed by atoms with Crippen molar-refractivity contribution in [1.82, 2.24) is 9.78 Å². The average molecular weight is 331 g/mol. The van der Waals surface area contributed by atoms with Crippen molar-refractivity contribution in [3.05, 3.63) is 58.7 Å². The highest BCUT2D eigenvalue weighted by molar-refractivity contribution is 9.10. The molecule has 2 aromatic carbocycles. The van der Waals surface area contributed by atoms with Gasteiger partial charge in [-0.3, -0.25) is 4.68 Å². The average Bonchev–Trinajstić information content (AvgIpc) is 2.85. The molecule has 102 valence electrons. The number of rotatable bonds is 4. The van der Waals surface area contributed by atoms with Gasteiger partial charge in [0.25, 0.3) is 0 Å². The predicted molar refractivity (Wildman–Crippen MR) is 83.9 cm³/mol. The summed E-state index contributed by atoms with van der Waals surface area (Å²) in [6.45, 7) is 3.42. The van der Waals surface area contributed by atoms with E-state index in [1.165, 1.54) is 0 Å². The van der Waals surface area contributed by atoms with E-state index in [2.05, 4.69) is 40.1 Å². The van der Waals surface area contributed by atoms with Crippen LogP contribution in [-0.4, -0.2) is 9.78 Å². The number of benzene rings is 2. The van der Waals surface area contributed by atoms with Crippen molar-refractivity contribution in [1.29, 1.82) is 0 Å². The lowest BCUT2D eigenvalue weighted by atomic mass is 10.2. The molecule has 0 bridgehead atoms. The highest BCUT2D eigenvalue weighted by Crippen LogP contribution is 2.26. The molecule has 0 unspecified atom stereocenters. The number of ether oxygens (including phenoxy) is 1. The van der Waals surface area contributed by atoms with Gasteiger partial charge in [-0.05, 0) is 41.1 Å². The summed E-state index contributed by atoms with van der Waals surface area (Å²) in [5.74, 6) is 0.836. The Morgan fingerprint density at radius 2 is 1.85 bits per heavy atom. The molecule has 0 aliphatic carbocycles. The van der Waals surface area contributed by atoms with E-state index in [1.807, 2.05) is 41.1 Å². The number of nitrogens with zero attached hydrogens (tertiary/aromatic N) is 2. The lowest BCUT2D eigenvalue weighted by Crippen LogP contribution is -2.00. The molecule has 3 aromatic rings. The molecule has 1 aromatic heterocycles. The topological polar surface area (TPSA) is 27.1 Å². The maximum Gasteiger partial charge on any atom is 0.134 e. The molecule has 0 aliphatic rings. The van der Waals surface area contributed by atoms with Crippen LogP contribution in [0.1, 0.15) is 12.6 Å². The molecular formula is C16H15BrN2O. The molecule has 1 heterocycles. The third-order valence-electron chi connectivity index (χ3n) is 3.24. The summed E-state index contributed by atoms with van der Waals surface area (Å²) in [5, 5.41) is 5.78. The van der Waals surface area contributed by atoms with Crippen molar-refractivity contribution in [3.8, 4) is 5.75 Å². The Hall–Kier alpha value is -1.81. The van der Waals surface area contributed by atoms with Gasteiger partial charge < -0.3 is 4.74 Å². The van der Waals surface area contributed by atoms with Crippen molar-refractivity contribution in [3.63, 3.8) is 0 Å². The molecule has 4 heteroatoms. The van der Waals surface area contributed by atoms with E-state index in [-0.39, 0.29) is 0 Å². The SMILES string of the molecule is CCn1nc(COc2ccccc2Br)c2ccccc21. The second kappa shape index (κ2) is 5.67. The van der Waals surface area contributed by atoms with Crippen molar-refractivity contribution in [2.24, 2.45) is 0 Å². The molecule has 3 rings (SSSR count). The van der Waals surface area contributed by atoms with Gasteiger partial charge in [0.2, 0.25) is 0 Å². The first-order valence-corrected chi connectivity index (χ1v) is 7.40. The van der Waals surface area contributed by atoms with E-state index < -0.39 is 0 Å². The number of halogens is 1. The van der Waals surface area contributed by atoms with Crippen molar-refractivity contribution in [2.75, 3.05) is 0 Å². The number of aromatic nitrogens is 2. The summed E-state index contributed by atoms with van der Waals surface area (Å²) in [4.78, 5) is 0. The van der Waals surface area contributed by atoms with Crippen molar-refractivity contribution >= 4 is 26.8 Å². The van der Waals surface area contributed by atoms with Crippen LogP contribution in [0.15, 0.2) is 53.0 Å². The first-order chi connectivity index (χ1) is 9.79. The fourth-order valence-corrected chi connectivity index (χ4v) is 2.65. The zero-order chi connectivity index (χ0) is 13.9. The van der Waals surface area contributed by atoms with Gasteiger partial charge in [0.1, 0.15) is 18.1 Å². The Kier molecular flexibility index (Phi) is 3.74. The Morgan fingerprint density at radius 3 is 2.65 bits per heavy atom. The minimum atomic E-state index is 0.468. The molecule has 0 radical (unpaired) electrons. The Morgan fingerprint density at radius 1 is 1.10 bits per heavy atom. The molecule has 0 amide bonds. The van der Waals surface area contributed by atoms with E-state index in [4.69, 9.17) is 4.74 Å². The lowest BCUT2D eigenvalue weighted by molar-refractivity contribution is 0.299. The van der Waals surface area contributed by atoms with E-state index in [1.54, 1.807) is 0 Å². The van der Waals surface area contributed by atoms with Gasteiger partial charge >= 0.3 is 0 Å². The summed E-state index contributed by atoms with van der Waals surface area (Å²) >= 11 is 3.49. The van der Waals surface area contributed by atoms with Crippen LogP contribution in [0.5, 0.6) is 5.75 Å². The van der Waals surface area contributed by atoms with Crippen LogP contribution >= 0.6 is 15.9 Å². The molecule has 0 aliphatic heterocycles. The van der Waals surface area contributed by atoms with Crippen LogP contribution in [0.2, 0.25) is 0 Å². The highest BCUT2D eigenvalue weighted by Gasteiger charge is 2.10. The first kappa shape index (κ1) is 13.2. The number of hydrogen-bond donors (Lipinski definition) is 0. The monoisotopic (exact) mass is 330 g/mol. The Balaban J connectivity index is 1.90. The van der Waals surface area contributed by atoms with Crippen LogP contribution in [-0.2, 0) is 13.2 Å². The summed E-state index contributed by atoms with van der Waals surface area (Å²) in [5.41, 5.74) is 2.12. The zero-order valence-corrected chi connectivity index (χ0v) is 12.8. The highest BCUT2D eigenvalue weighted by atomic mass is 79.9. The smallest absolute Gasteiger partial charge is 0.134 e. The quantitative estimate of drug-likeness (QED) is 0.709. The van der Waals surface area contributed by atoms with E-state index in [0.717, 1.165) is 33.4 Å². The van der Waals surface area contributed by atoms with Gasteiger partial charge in [-0.15, -0.1) is 0 Å². The third-order valence-corrected chi connectivity index (χ3v) is 3.89. The van der Waals surface area contributed by atoms with Gasteiger partial charge in [0.15, 0.2) is 0 Å². The predicted octanol–water partition coefficient (Wildman–Crippen LogP) is 4.40. The van der Waals surface area contributed by atoms with Gasteiger partial charge in [-0.1, -0.05) is 30.3 Å². The molecule has 3 nitrogen and oxygen atoms in total. The van der Waals surface area contributed by atoms with Crippen LogP contribution in [0.4, 0.5) is 0 Å². The van der Waals surface area contributed by atoms with E-state index in [9.17, 15) is 0 Å². The summed E-state index contributed by atoms with van der Waals surface area (Å²) in [6.07, 6.45) is 0. The summed E-state index contributed by atoms with van der Waals surface area (Å²) in [6, 6.07) is 16.1. The minimum Gasteiger partial charge on any atom is -0.486 e. The molecule has 0 saturated carbocycles. The lowest BCUT2D eigenvalue weighted by Gasteiger charge is -2.06. The van der Waals surface area contributed by atoms with Crippen molar-refractivity contribution in [2.45, 2.75) is 20.1 Å². The molecule has 0 N–H and O–H groups in total. The fourth-order valence-electron chi connectivity index (χ4n) is 2.25. The molecule has 0 atom stereocenters. The van der Waals surface area contributed by atoms with Gasteiger partial charge in [0.05, 0.1) is 9.99 Å². The number of para-hydroxylation sites is 2. The fraction of sp³-hybridized carbons (Fsp3) is 0.188. The van der Waals surface area contributed by atoms with Crippen LogP contribution in [0.3, 0.4) is 0 Å². The van der Waals surface area contributed by atoms with Gasteiger partial charge in [0, 0.05) is 11.9 Å². The molecule has 0 saturated heterocycles. The molecule has 0 spiro atoms. The van der Waals surface area contributed by atoms with Gasteiger partial charge in [-0.25, -0.2) is 0 Å². The normalized spacial score (nSPS) is 10.9. The van der Waals surface area contributed by atoms with Crippen LogP contribution < -0.4 is 4.74 Å². The number of hydrogen-bond acceptors (Lipinski definition) is 2. The standard InChI is InChI=1S/C16H15BrN2O/c1-2-19-15-9-5-3-7-12(15)14(18-19)11-20-16-10-6-4-8-13(16)17/h3-10H,2,11H2,1H3. The maximum absolute atomic E-state index is 5.87. The van der Waals surface area contributed by atoms with E-state index in [0.29, 0.717) is 6.61 Å². The second-order valence-corrected chi connectivity index (χ2v) is 5.35. The van der Waals surface area contributed by atoms with Crippen molar-refractivity contribution < 1.29 is 4.74 Å². The zero-order valence-electron chi connectivity index (χ0n) is 11.2. The van der Waals surface area contributed by atoms with Gasteiger partial charge in [-0.2, -0.15) is 5.10 Å². The second-order valence-electron chi connectivity index (χ2n) is 4.50. The first-order valence-electron chi connectivity index (χ1n) is 6.61. The largest absolute Gasteiger partial charge is 0.486 e. The molecule has 0 fully saturated rings. The summed E-state index contributed by atoms with van der Waals surface area (Å²) < 4.78 is 8.83. The Labute approximate surface area is 126 Å². The van der Waals surface area contributed by atoms with E-state index >= 15 is 0 Å².